The monoisotopic (exact) mass is 382 g/mol. The number of piperidine rings is 1. The van der Waals surface area contributed by atoms with E-state index in [9.17, 15) is 14.0 Å². The lowest BCUT2D eigenvalue weighted by molar-refractivity contribution is -0.136. The van der Waals surface area contributed by atoms with Gasteiger partial charge in [-0.2, -0.15) is 5.10 Å². The van der Waals surface area contributed by atoms with Gasteiger partial charge in [-0.15, -0.1) is 0 Å². The minimum atomic E-state index is -0.815. The molecule has 0 radical (unpaired) electrons. The van der Waals surface area contributed by atoms with Crippen LogP contribution < -0.4 is 21.2 Å². The van der Waals surface area contributed by atoms with Gasteiger partial charge in [-0.25, -0.2) is 9.82 Å². The third-order valence-electron chi connectivity index (χ3n) is 5.05. The minimum absolute atomic E-state index is 0.00304. The highest BCUT2D eigenvalue weighted by Gasteiger charge is 2.50. The van der Waals surface area contributed by atoms with Crippen LogP contribution >= 0.6 is 0 Å². The first kappa shape index (κ1) is 18.0. The Hall–Kier alpha value is -3.42. The minimum Gasteiger partial charge on any atom is -0.468 e. The maximum atomic E-state index is 13.0. The number of hydrogen-bond acceptors (Lipinski definition) is 4. The quantitative estimate of drug-likeness (QED) is 0.428. The summed E-state index contributed by atoms with van der Waals surface area (Å²) in [6, 6.07) is 12.5. The van der Waals surface area contributed by atoms with Crippen molar-refractivity contribution in [1.29, 1.82) is 0 Å². The highest BCUT2D eigenvalue weighted by atomic mass is 19.1. The molecule has 8 heteroatoms. The van der Waals surface area contributed by atoms with Crippen molar-refractivity contribution in [2.24, 2.45) is 16.8 Å². The van der Waals surface area contributed by atoms with Crippen molar-refractivity contribution in [3.8, 4) is 5.75 Å². The first-order valence-corrected chi connectivity index (χ1v) is 8.85. The maximum Gasteiger partial charge on any atom is 0.271 e. The van der Waals surface area contributed by atoms with Gasteiger partial charge in [-0.1, -0.05) is 18.2 Å². The van der Waals surface area contributed by atoms with Crippen molar-refractivity contribution in [3.05, 3.63) is 65.5 Å². The Morgan fingerprint density at radius 1 is 1.29 bits per heavy atom. The molecule has 2 aliphatic heterocycles. The van der Waals surface area contributed by atoms with Crippen molar-refractivity contribution in [2.45, 2.75) is 25.0 Å². The molecule has 7 nitrogen and oxygen atoms in total. The fourth-order valence-electron chi connectivity index (χ4n) is 3.78. The third-order valence-corrected chi connectivity index (χ3v) is 5.05. The molecular formula is C20H19FN4O3. The highest BCUT2D eigenvalue weighted by molar-refractivity contribution is 6.05. The summed E-state index contributed by atoms with van der Waals surface area (Å²) in [6.45, 7) is 1.81. The standard InChI is InChI=1S/C20H19FN4O3/c1-20-10-14(13-4-2-3-5-15(13)28-20)16(19(27)23-20)17(22)24-25-18(26)11-6-8-12(21)9-7-11/h2-9,14,16H,10H2,1H3,(H2,22,24)(H,23,27)(H,25,26)/t14-,16+,20-/m0/s1. The number of carbonyl (C=O) groups is 2. The highest BCUT2D eigenvalue weighted by Crippen LogP contribution is 2.46. The average Bonchev–Trinajstić information content (AvgIpc) is 2.65. The number of ether oxygens (including phenoxy) is 1. The van der Waals surface area contributed by atoms with Gasteiger partial charge < -0.3 is 15.8 Å². The molecule has 0 spiro atoms. The van der Waals surface area contributed by atoms with Gasteiger partial charge in [-0.3, -0.25) is 9.59 Å². The summed E-state index contributed by atoms with van der Waals surface area (Å²) < 4.78 is 18.9. The van der Waals surface area contributed by atoms with Crippen molar-refractivity contribution >= 4 is 17.6 Å². The van der Waals surface area contributed by atoms with E-state index in [4.69, 9.17) is 10.5 Å². The smallest absolute Gasteiger partial charge is 0.271 e. The molecule has 1 fully saturated rings. The number of halogens is 1. The summed E-state index contributed by atoms with van der Waals surface area (Å²) in [7, 11) is 0. The second kappa shape index (κ2) is 6.63. The zero-order chi connectivity index (χ0) is 19.9. The second-order valence-corrected chi connectivity index (χ2v) is 7.13. The van der Waals surface area contributed by atoms with Gasteiger partial charge in [0.25, 0.3) is 5.91 Å². The largest absolute Gasteiger partial charge is 0.468 e. The molecular weight excluding hydrogens is 363 g/mol. The first-order chi connectivity index (χ1) is 13.4. The molecule has 2 aliphatic rings. The molecule has 4 N–H and O–H groups in total. The van der Waals surface area contributed by atoms with Crippen LogP contribution in [-0.2, 0) is 4.79 Å². The van der Waals surface area contributed by atoms with Crippen molar-refractivity contribution in [2.75, 3.05) is 0 Å². The van der Waals surface area contributed by atoms with Crippen LogP contribution in [0.15, 0.2) is 53.6 Å². The molecule has 0 aliphatic carbocycles. The molecule has 2 heterocycles. The predicted octanol–water partition coefficient (Wildman–Crippen LogP) is 1.86. The number of nitrogens with one attached hydrogen (secondary N) is 2. The molecule has 2 amide bonds. The summed E-state index contributed by atoms with van der Waals surface area (Å²) in [4.78, 5) is 24.9. The summed E-state index contributed by atoms with van der Waals surface area (Å²) >= 11 is 0. The zero-order valence-corrected chi connectivity index (χ0v) is 15.1. The van der Waals surface area contributed by atoms with Gasteiger partial charge in [0.15, 0.2) is 5.72 Å². The van der Waals surface area contributed by atoms with Gasteiger partial charge in [0.05, 0.1) is 0 Å². The number of fused-ring (bicyclic) bond motifs is 4. The molecule has 2 aromatic rings. The van der Waals surface area contributed by atoms with Crippen LogP contribution in [-0.4, -0.2) is 23.4 Å². The number of rotatable bonds is 3. The Balaban J connectivity index is 1.59. The summed E-state index contributed by atoms with van der Waals surface area (Å²) in [5.74, 6) is -1.59. The van der Waals surface area contributed by atoms with Crippen LogP contribution in [0.25, 0.3) is 0 Å². The van der Waals surface area contributed by atoms with Crippen LogP contribution in [0, 0.1) is 11.7 Å². The molecule has 2 aromatic carbocycles. The van der Waals surface area contributed by atoms with Gasteiger partial charge in [0, 0.05) is 17.9 Å². The topological polar surface area (TPSA) is 106 Å². The van der Waals surface area contributed by atoms with Gasteiger partial charge in [0.1, 0.15) is 23.3 Å². The van der Waals surface area contributed by atoms with Crippen molar-refractivity contribution in [1.82, 2.24) is 10.7 Å². The summed E-state index contributed by atoms with van der Waals surface area (Å²) in [5.41, 5.74) is 8.73. The number of nitrogens with two attached hydrogens (primary N) is 1. The molecule has 0 aromatic heterocycles. The van der Waals surface area contributed by atoms with Crippen LogP contribution in [0.4, 0.5) is 4.39 Å². The SMILES string of the molecule is C[C@@]12C[C@@H](c3ccccc3O1)[C@H](/C(N)=N/NC(=O)c1ccc(F)cc1)C(=O)N2. The van der Waals surface area contributed by atoms with Gasteiger partial charge in [0.2, 0.25) is 5.91 Å². The van der Waals surface area contributed by atoms with Crippen molar-refractivity contribution < 1.29 is 18.7 Å². The lowest BCUT2D eigenvalue weighted by atomic mass is 9.74. The molecule has 3 atom stereocenters. The van der Waals surface area contributed by atoms with Crippen LogP contribution in [0.1, 0.15) is 35.2 Å². The van der Waals surface area contributed by atoms with E-state index >= 15 is 0 Å². The molecule has 0 unspecified atom stereocenters. The summed E-state index contributed by atoms with van der Waals surface area (Å²) in [6.07, 6.45) is 0.530. The second-order valence-electron chi connectivity index (χ2n) is 7.13. The number of amides is 2. The number of para-hydroxylation sites is 1. The van der Waals surface area contributed by atoms with E-state index in [0.717, 1.165) is 5.56 Å². The Labute approximate surface area is 160 Å². The number of hydrogen-bond donors (Lipinski definition) is 3. The van der Waals surface area contributed by atoms with Crippen molar-refractivity contribution in [3.63, 3.8) is 0 Å². The van der Waals surface area contributed by atoms with E-state index in [0.29, 0.717) is 12.2 Å². The Bertz CT molecular complexity index is 976. The predicted molar refractivity (Wildman–Crippen MR) is 100.0 cm³/mol. The Morgan fingerprint density at radius 2 is 2.00 bits per heavy atom. The molecule has 4 rings (SSSR count). The van der Waals surface area contributed by atoms with E-state index in [-0.39, 0.29) is 23.2 Å². The lowest BCUT2D eigenvalue weighted by Crippen LogP contribution is -2.62. The first-order valence-electron chi connectivity index (χ1n) is 8.85. The maximum absolute atomic E-state index is 13.0. The number of hydrazone groups is 1. The normalized spacial score (nSPS) is 25.9. The average molecular weight is 382 g/mol. The van der Waals surface area contributed by atoms with E-state index in [2.05, 4.69) is 15.8 Å². The lowest BCUT2D eigenvalue weighted by Gasteiger charge is -2.46. The Kier molecular flexibility index (Phi) is 4.26. The van der Waals surface area contributed by atoms with Crippen LogP contribution in [0.5, 0.6) is 5.75 Å². The summed E-state index contributed by atoms with van der Waals surface area (Å²) in [5, 5.41) is 6.78. The fourth-order valence-corrected chi connectivity index (χ4v) is 3.78. The van der Waals surface area contributed by atoms with Crippen LogP contribution in [0.2, 0.25) is 0 Å². The number of nitrogens with zero attached hydrogens (tertiary/aromatic N) is 1. The molecule has 0 saturated carbocycles. The van der Waals surface area contributed by atoms with E-state index in [1.807, 2.05) is 31.2 Å². The van der Waals surface area contributed by atoms with Crippen LogP contribution in [0.3, 0.4) is 0 Å². The number of amidine groups is 1. The molecule has 28 heavy (non-hydrogen) atoms. The Morgan fingerprint density at radius 3 is 2.75 bits per heavy atom. The number of benzene rings is 2. The molecule has 2 bridgehead atoms. The molecule has 1 saturated heterocycles. The van der Waals surface area contributed by atoms with E-state index < -0.39 is 23.4 Å². The van der Waals surface area contributed by atoms with Gasteiger partial charge in [-0.05, 0) is 42.8 Å². The zero-order valence-electron chi connectivity index (χ0n) is 15.1. The van der Waals surface area contributed by atoms with E-state index in [1.54, 1.807) is 0 Å². The third kappa shape index (κ3) is 3.17. The van der Waals surface area contributed by atoms with E-state index in [1.165, 1.54) is 24.3 Å². The number of carbonyl (C=O) groups excluding carboxylic acids is 2. The van der Waals surface area contributed by atoms with Gasteiger partial charge >= 0.3 is 0 Å². The fraction of sp³-hybridized carbons (Fsp3) is 0.250. The molecule has 144 valence electrons.